The highest BCUT2D eigenvalue weighted by Gasteiger charge is 2.02. The van der Waals surface area contributed by atoms with Crippen LogP contribution in [-0.4, -0.2) is 36.7 Å². The zero-order valence-corrected chi connectivity index (χ0v) is 9.86. The van der Waals surface area contributed by atoms with E-state index in [0.29, 0.717) is 5.92 Å². The van der Waals surface area contributed by atoms with Gasteiger partial charge in [0.25, 0.3) is 0 Å². The molecule has 0 amide bonds. The van der Waals surface area contributed by atoms with Crippen molar-refractivity contribution in [2.45, 2.75) is 20.4 Å². The Labute approximate surface area is 91.6 Å². The Morgan fingerprint density at radius 2 is 2.33 bits per heavy atom. The summed E-state index contributed by atoms with van der Waals surface area (Å²) in [5.41, 5.74) is 0.987. The average Bonchev–Trinajstić information content (AvgIpc) is 2.64. The van der Waals surface area contributed by atoms with E-state index < -0.39 is 0 Å². The van der Waals surface area contributed by atoms with Gasteiger partial charge in [-0.15, -0.1) is 0 Å². The smallest absolute Gasteiger partial charge is 0.124 e. The zero-order valence-electron chi connectivity index (χ0n) is 9.86. The minimum atomic E-state index is 0.714. The molecule has 86 valence electrons. The molecule has 0 spiro atoms. The highest BCUT2D eigenvalue weighted by molar-refractivity contribution is 4.94. The van der Waals surface area contributed by atoms with E-state index >= 15 is 0 Å². The van der Waals surface area contributed by atoms with Crippen molar-refractivity contribution in [2.75, 3.05) is 26.7 Å². The van der Waals surface area contributed by atoms with E-state index in [4.69, 9.17) is 4.52 Å². The Morgan fingerprint density at radius 3 is 2.93 bits per heavy atom. The second-order valence-electron chi connectivity index (χ2n) is 4.33. The molecule has 0 saturated heterocycles. The summed E-state index contributed by atoms with van der Waals surface area (Å²) < 4.78 is 4.78. The van der Waals surface area contributed by atoms with Crippen LogP contribution in [0, 0.1) is 5.92 Å². The van der Waals surface area contributed by atoms with Crippen molar-refractivity contribution in [3.05, 3.63) is 18.0 Å². The third-order valence-electron chi connectivity index (χ3n) is 2.15. The molecule has 4 nitrogen and oxygen atoms in total. The first kappa shape index (κ1) is 12.2. The van der Waals surface area contributed by atoms with Crippen LogP contribution in [0.25, 0.3) is 0 Å². The first-order valence-electron chi connectivity index (χ1n) is 5.47. The number of hydrogen-bond donors (Lipinski definition) is 1. The summed E-state index contributed by atoms with van der Waals surface area (Å²) >= 11 is 0. The topological polar surface area (TPSA) is 41.3 Å². The van der Waals surface area contributed by atoms with Crippen LogP contribution in [0.5, 0.6) is 0 Å². The van der Waals surface area contributed by atoms with E-state index in [1.807, 2.05) is 6.07 Å². The number of rotatable bonds is 7. The predicted molar refractivity (Wildman–Crippen MR) is 60.5 cm³/mol. The van der Waals surface area contributed by atoms with E-state index in [1.54, 1.807) is 6.26 Å². The fourth-order valence-electron chi connectivity index (χ4n) is 1.34. The number of nitrogens with zero attached hydrogens (tertiary/aromatic N) is 2. The highest BCUT2D eigenvalue weighted by atomic mass is 16.5. The summed E-state index contributed by atoms with van der Waals surface area (Å²) in [6, 6.07) is 1.90. The van der Waals surface area contributed by atoms with Crippen LogP contribution in [0.1, 0.15) is 19.5 Å². The molecule has 1 N–H and O–H groups in total. The maximum atomic E-state index is 4.78. The lowest BCUT2D eigenvalue weighted by molar-refractivity contribution is 0.307. The molecule has 4 heteroatoms. The SMILES string of the molecule is CC(C)CNCCN(C)Cc1ccon1. The van der Waals surface area contributed by atoms with Crippen molar-refractivity contribution in [1.82, 2.24) is 15.4 Å². The molecule has 0 saturated carbocycles. The Balaban J connectivity index is 2.06. The molecule has 1 aromatic heterocycles. The summed E-state index contributed by atoms with van der Waals surface area (Å²) in [5, 5.41) is 7.29. The van der Waals surface area contributed by atoms with E-state index in [0.717, 1.165) is 31.9 Å². The summed E-state index contributed by atoms with van der Waals surface area (Å²) in [4.78, 5) is 2.23. The van der Waals surface area contributed by atoms with Crippen molar-refractivity contribution in [2.24, 2.45) is 5.92 Å². The first-order chi connectivity index (χ1) is 7.18. The molecule has 0 bridgehead atoms. The lowest BCUT2D eigenvalue weighted by Crippen LogP contribution is -2.30. The molecular weight excluding hydrogens is 190 g/mol. The van der Waals surface area contributed by atoms with E-state index in [1.165, 1.54) is 0 Å². The number of nitrogens with one attached hydrogen (secondary N) is 1. The monoisotopic (exact) mass is 211 g/mol. The molecule has 0 fully saturated rings. The van der Waals surface area contributed by atoms with Gasteiger partial charge in [0.15, 0.2) is 0 Å². The maximum absolute atomic E-state index is 4.78. The quantitative estimate of drug-likeness (QED) is 0.691. The molecule has 0 unspecified atom stereocenters. The Morgan fingerprint density at radius 1 is 1.53 bits per heavy atom. The van der Waals surface area contributed by atoms with Gasteiger partial charge in [0.2, 0.25) is 0 Å². The van der Waals surface area contributed by atoms with Crippen LogP contribution in [0.2, 0.25) is 0 Å². The molecule has 0 aliphatic rings. The van der Waals surface area contributed by atoms with Gasteiger partial charge in [-0.25, -0.2) is 0 Å². The largest absolute Gasteiger partial charge is 0.364 e. The third kappa shape index (κ3) is 5.54. The van der Waals surface area contributed by atoms with Crippen LogP contribution < -0.4 is 5.32 Å². The Kier molecular flexibility index (Phi) is 5.36. The standard InChI is InChI=1S/C11H21N3O/c1-10(2)8-12-5-6-14(3)9-11-4-7-15-13-11/h4,7,10,12H,5-6,8-9H2,1-3H3. The zero-order chi connectivity index (χ0) is 11.1. The lowest BCUT2D eigenvalue weighted by Gasteiger charge is -2.15. The number of aromatic nitrogens is 1. The minimum Gasteiger partial charge on any atom is -0.364 e. The Bertz CT molecular complexity index is 246. The molecule has 1 heterocycles. The van der Waals surface area contributed by atoms with Gasteiger partial charge in [-0.2, -0.15) is 0 Å². The predicted octanol–water partition coefficient (Wildman–Crippen LogP) is 1.35. The van der Waals surface area contributed by atoms with Gasteiger partial charge in [0.1, 0.15) is 6.26 Å². The van der Waals surface area contributed by atoms with Crippen LogP contribution in [0.15, 0.2) is 16.9 Å². The van der Waals surface area contributed by atoms with Gasteiger partial charge < -0.3 is 9.84 Å². The normalized spacial score (nSPS) is 11.5. The van der Waals surface area contributed by atoms with E-state index in [9.17, 15) is 0 Å². The van der Waals surface area contributed by atoms with Gasteiger partial charge in [-0.05, 0) is 19.5 Å². The molecular formula is C11H21N3O. The van der Waals surface area contributed by atoms with Crippen molar-refractivity contribution in [3.63, 3.8) is 0 Å². The van der Waals surface area contributed by atoms with Crippen LogP contribution in [0.4, 0.5) is 0 Å². The number of likely N-dealkylation sites (N-methyl/N-ethyl adjacent to an activating group) is 1. The van der Waals surface area contributed by atoms with Gasteiger partial charge in [0.05, 0.1) is 5.69 Å². The van der Waals surface area contributed by atoms with Gasteiger partial charge in [-0.1, -0.05) is 19.0 Å². The van der Waals surface area contributed by atoms with Gasteiger partial charge >= 0.3 is 0 Å². The minimum absolute atomic E-state index is 0.714. The average molecular weight is 211 g/mol. The van der Waals surface area contributed by atoms with Gasteiger partial charge in [0, 0.05) is 25.7 Å². The molecule has 0 aliphatic carbocycles. The molecule has 0 aromatic carbocycles. The van der Waals surface area contributed by atoms with Crippen molar-refractivity contribution in [3.8, 4) is 0 Å². The van der Waals surface area contributed by atoms with Crippen LogP contribution in [0.3, 0.4) is 0 Å². The highest BCUT2D eigenvalue weighted by Crippen LogP contribution is 1.98. The van der Waals surface area contributed by atoms with Crippen LogP contribution in [-0.2, 0) is 6.54 Å². The van der Waals surface area contributed by atoms with E-state index in [2.05, 4.69) is 36.3 Å². The molecule has 15 heavy (non-hydrogen) atoms. The second kappa shape index (κ2) is 6.58. The summed E-state index contributed by atoms with van der Waals surface area (Å²) in [6.45, 7) is 8.40. The lowest BCUT2D eigenvalue weighted by atomic mass is 10.2. The molecule has 0 aliphatic heterocycles. The number of hydrogen-bond acceptors (Lipinski definition) is 4. The summed E-state index contributed by atoms with van der Waals surface area (Å²) in [7, 11) is 2.09. The fraction of sp³-hybridized carbons (Fsp3) is 0.727. The molecule has 1 rings (SSSR count). The van der Waals surface area contributed by atoms with Crippen molar-refractivity contribution >= 4 is 0 Å². The third-order valence-corrected chi connectivity index (χ3v) is 2.15. The van der Waals surface area contributed by atoms with Crippen molar-refractivity contribution < 1.29 is 4.52 Å². The maximum Gasteiger partial charge on any atom is 0.124 e. The Hall–Kier alpha value is -0.870. The van der Waals surface area contributed by atoms with Gasteiger partial charge in [-0.3, -0.25) is 4.90 Å². The molecule has 0 atom stereocenters. The fourth-order valence-corrected chi connectivity index (χ4v) is 1.34. The van der Waals surface area contributed by atoms with Crippen molar-refractivity contribution in [1.29, 1.82) is 0 Å². The molecule has 0 radical (unpaired) electrons. The summed E-state index contributed by atoms with van der Waals surface area (Å²) in [6.07, 6.45) is 1.61. The summed E-state index contributed by atoms with van der Waals surface area (Å²) in [5.74, 6) is 0.714. The first-order valence-corrected chi connectivity index (χ1v) is 5.47. The van der Waals surface area contributed by atoms with E-state index in [-0.39, 0.29) is 0 Å². The molecule has 1 aromatic rings. The van der Waals surface area contributed by atoms with Crippen LogP contribution >= 0.6 is 0 Å². The second-order valence-corrected chi connectivity index (χ2v) is 4.33.